The molecule has 2 rings (SSSR count). The molecule has 21 heavy (non-hydrogen) atoms. The molecule has 0 bridgehead atoms. The first-order valence-corrected chi connectivity index (χ1v) is 8.07. The van der Waals surface area contributed by atoms with Gasteiger partial charge in [-0.3, -0.25) is 9.59 Å². The highest BCUT2D eigenvalue weighted by Gasteiger charge is 2.54. The minimum atomic E-state index is -0.692. The number of hydrogen-bond donors (Lipinski definition) is 1. The fourth-order valence-electron chi connectivity index (χ4n) is 2.92. The Hall–Kier alpha value is -1.10. The smallest absolute Gasteiger partial charge is 0.249 e. The second-order valence-corrected chi connectivity index (χ2v) is 6.96. The van der Waals surface area contributed by atoms with Gasteiger partial charge in [-0.2, -0.15) is 0 Å². The molecular weight excluding hydrogens is 268 g/mol. The van der Waals surface area contributed by atoms with E-state index in [1.807, 2.05) is 6.92 Å². The average Bonchev–Trinajstić information content (AvgIpc) is 3.24. The van der Waals surface area contributed by atoms with Crippen LogP contribution in [0.2, 0.25) is 0 Å². The molecule has 2 atom stereocenters. The third-order valence-corrected chi connectivity index (χ3v) is 4.47. The molecule has 1 heterocycles. The van der Waals surface area contributed by atoms with Crippen molar-refractivity contribution in [1.82, 2.24) is 10.2 Å². The van der Waals surface area contributed by atoms with Crippen LogP contribution in [0.15, 0.2) is 0 Å². The average molecular weight is 296 g/mol. The van der Waals surface area contributed by atoms with Gasteiger partial charge in [0.1, 0.15) is 11.6 Å². The maximum atomic E-state index is 12.7. The van der Waals surface area contributed by atoms with Crippen LogP contribution in [0.25, 0.3) is 0 Å². The van der Waals surface area contributed by atoms with Gasteiger partial charge in [-0.05, 0) is 44.9 Å². The van der Waals surface area contributed by atoms with E-state index in [2.05, 4.69) is 19.2 Å². The van der Waals surface area contributed by atoms with Crippen molar-refractivity contribution in [3.63, 3.8) is 0 Å². The van der Waals surface area contributed by atoms with Gasteiger partial charge in [0.2, 0.25) is 11.8 Å². The molecule has 1 saturated heterocycles. The first-order valence-electron chi connectivity index (χ1n) is 8.07. The molecule has 1 N–H and O–H groups in total. The Morgan fingerprint density at radius 3 is 2.62 bits per heavy atom. The Morgan fingerprint density at radius 2 is 2.05 bits per heavy atom. The van der Waals surface area contributed by atoms with Crippen LogP contribution in [0, 0.1) is 11.8 Å². The Balaban J connectivity index is 1.90. The molecule has 0 aromatic rings. The van der Waals surface area contributed by atoms with Gasteiger partial charge >= 0.3 is 0 Å². The lowest BCUT2D eigenvalue weighted by atomic mass is 9.89. The number of rotatable bonds is 7. The van der Waals surface area contributed by atoms with Crippen LogP contribution in [0.5, 0.6) is 0 Å². The number of amides is 2. The minimum Gasteiger partial charge on any atom is -0.381 e. The van der Waals surface area contributed by atoms with Crippen LogP contribution < -0.4 is 5.32 Å². The summed E-state index contributed by atoms with van der Waals surface area (Å²) in [4.78, 5) is 26.6. The highest BCUT2D eigenvalue weighted by Crippen LogP contribution is 2.42. The largest absolute Gasteiger partial charge is 0.381 e. The van der Waals surface area contributed by atoms with Gasteiger partial charge < -0.3 is 15.0 Å². The molecule has 2 aliphatic rings. The van der Waals surface area contributed by atoms with E-state index in [4.69, 9.17) is 4.74 Å². The van der Waals surface area contributed by atoms with Crippen LogP contribution in [0.1, 0.15) is 47.0 Å². The summed E-state index contributed by atoms with van der Waals surface area (Å²) >= 11 is 0. The van der Waals surface area contributed by atoms with E-state index in [0.717, 1.165) is 25.9 Å². The molecule has 5 nitrogen and oxygen atoms in total. The monoisotopic (exact) mass is 296 g/mol. The molecule has 0 aromatic heterocycles. The standard InChI is InChI=1S/C16H28N2O3/c1-11(2)10-21-9-5-8-18-12(3)14(19)17-16(4,15(18)20)13-6-7-13/h11-13H,5-10H2,1-4H3,(H,17,19). The van der Waals surface area contributed by atoms with Gasteiger partial charge in [-0.25, -0.2) is 0 Å². The van der Waals surface area contributed by atoms with Gasteiger partial charge in [-0.15, -0.1) is 0 Å². The highest BCUT2D eigenvalue weighted by molar-refractivity contribution is 5.99. The fraction of sp³-hybridized carbons (Fsp3) is 0.875. The molecule has 120 valence electrons. The normalized spacial score (nSPS) is 30.0. The van der Waals surface area contributed by atoms with Crippen molar-refractivity contribution in [2.24, 2.45) is 11.8 Å². The van der Waals surface area contributed by atoms with Crippen molar-refractivity contribution in [2.75, 3.05) is 19.8 Å². The second kappa shape index (κ2) is 6.34. The van der Waals surface area contributed by atoms with E-state index in [1.165, 1.54) is 0 Å². The molecule has 0 aromatic carbocycles. The zero-order chi connectivity index (χ0) is 15.6. The van der Waals surface area contributed by atoms with Gasteiger partial charge in [0.25, 0.3) is 0 Å². The van der Waals surface area contributed by atoms with Gasteiger partial charge in [0.15, 0.2) is 0 Å². The number of nitrogens with zero attached hydrogens (tertiary/aromatic N) is 1. The summed E-state index contributed by atoms with van der Waals surface area (Å²) in [6, 6.07) is -0.380. The number of nitrogens with one attached hydrogen (secondary N) is 1. The van der Waals surface area contributed by atoms with E-state index in [0.29, 0.717) is 25.0 Å². The zero-order valence-corrected chi connectivity index (χ0v) is 13.6. The Labute approximate surface area is 127 Å². The molecular formula is C16H28N2O3. The predicted octanol–water partition coefficient (Wildman–Crippen LogP) is 1.56. The summed E-state index contributed by atoms with van der Waals surface area (Å²) in [6.45, 7) is 9.87. The number of hydrogen-bond acceptors (Lipinski definition) is 3. The zero-order valence-electron chi connectivity index (χ0n) is 13.6. The summed E-state index contributed by atoms with van der Waals surface area (Å²) in [6.07, 6.45) is 2.83. The Kier molecular flexibility index (Phi) is 4.91. The molecule has 1 aliphatic heterocycles. The van der Waals surface area contributed by atoms with Crippen LogP contribution >= 0.6 is 0 Å². The highest BCUT2D eigenvalue weighted by atomic mass is 16.5. The molecule has 1 saturated carbocycles. The summed E-state index contributed by atoms with van der Waals surface area (Å²) < 4.78 is 5.56. The summed E-state index contributed by atoms with van der Waals surface area (Å²) in [5.74, 6) is 0.860. The third-order valence-electron chi connectivity index (χ3n) is 4.47. The molecule has 0 spiro atoms. The third kappa shape index (κ3) is 3.57. The molecule has 2 unspecified atom stereocenters. The van der Waals surface area contributed by atoms with Gasteiger partial charge in [0, 0.05) is 19.8 Å². The predicted molar refractivity (Wildman–Crippen MR) is 80.7 cm³/mol. The quantitative estimate of drug-likeness (QED) is 0.725. The first kappa shape index (κ1) is 16.3. The lowest BCUT2D eigenvalue weighted by molar-refractivity contribution is -0.154. The summed E-state index contributed by atoms with van der Waals surface area (Å²) in [5, 5.41) is 2.94. The summed E-state index contributed by atoms with van der Waals surface area (Å²) in [7, 11) is 0. The lowest BCUT2D eigenvalue weighted by Crippen LogP contribution is -2.69. The Morgan fingerprint density at radius 1 is 1.38 bits per heavy atom. The number of carbonyl (C=O) groups excluding carboxylic acids is 2. The van der Waals surface area contributed by atoms with Crippen molar-refractivity contribution in [3.8, 4) is 0 Å². The second-order valence-electron chi connectivity index (χ2n) is 6.96. The number of piperazine rings is 1. The molecule has 2 fully saturated rings. The molecule has 0 radical (unpaired) electrons. The van der Waals surface area contributed by atoms with Crippen LogP contribution in [-0.2, 0) is 14.3 Å². The lowest BCUT2D eigenvalue weighted by Gasteiger charge is -2.43. The van der Waals surface area contributed by atoms with E-state index < -0.39 is 5.54 Å². The molecule has 5 heteroatoms. The Bertz CT molecular complexity index is 406. The molecule has 1 aliphatic carbocycles. The van der Waals surface area contributed by atoms with E-state index in [1.54, 1.807) is 11.8 Å². The van der Waals surface area contributed by atoms with Crippen molar-refractivity contribution in [2.45, 2.75) is 58.5 Å². The van der Waals surface area contributed by atoms with Crippen molar-refractivity contribution < 1.29 is 14.3 Å². The maximum absolute atomic E-state index is 12.7. The summed E-state index contributed by atoms with van der Waals surface area (Å²) in [5.41, 5.74) is -0.692. The molecule has 2 amide bonds. The van der Waals surface area contributed by atoms with E-state index in [9.17, 15) is 9.59 Å². The first-order chi connectivity index (χ1) is 9.86. The fourth-order valence-corrected chi connectivity index (χ4v) is 2.92. The van der Waals surface area contributed by atoms with Gasteiger partial charge in [-0.1, -0.05) is 13.8 Å². The van der Waals surface area contributed by atoms with E-state index in [-0.39, 0.29) is 17.9 Å². The SMILES string of the molecule is CC(C)COCCCN1C(=O)C(C)(C2CC2)NC(=O)C1C. The van der Waals surface area contributed by atoms with Crippen LogP contribution in [0.3, 0.4) is 0 Å². The maximum Gasteiger partial charge on any atom is 0.249 e. The van der Waals surface area contributed by atoms with Crippen molar-refractivity contribution in [1.29, 1.82) is 0 Å². The van der Waals surface area contributed by atoms with Crippen molar-refractivity contribution >= 4 is 11.8 Å². The topological polar surface area (TPSA) is 58.6 Å². The van der Waals surface area contributed by atoms with Crippen LogP contribution in [0.4, 0.5) is 0 Å². The van der Waals surface area contributed by atoms with E-state index >= 15 is 0 Å². The van der Waals surface area contributed by atoms with Gasteiger partial charge in [0.05, 0.1) is 0 Å². The number of carbonyl (C=O) groups is 2. The van der Waals surface area contributed by atoms with Crippen LogP contribution in [-0.4, -0.2) is 48.1 Å². The number of ether oxygens (including phenoxy) is 1. The minimum absolute atomic E-state index is 0.0351. The van der Waals surface area contributed by atoms with Crippen molar-refractivity contribution in [3.05, 3.63) is 0 Å².